The summed E-state index contributed by atoms with van der Waals surface area (Å²) in [6.45, 7) is 4.48. The van der Waals surface area contributed by atoms with Crippen molar-refractivity contribution < 1.29 is 0 Å². The molecule has 0 fully saturated rings. The molecule has 0 aliphatic heterocycles. The molecular formula is C18H21Cl. The molecule has 2 rings (SSSR count). The van der Waals surface area contributed by atoms with Crippen LogP contribution >= 0.6 is 11.6 Å². The van der Waals surface area contributed by atoms with Crippen LogP contribution in [0.1, 0.15) is 37.6 Å². The molecule has 0 aliphatic carbocycles. The SMILES string of the molecule is CC(C)CCC(Cl)c1ccc(-c2ccccc2)cc1. The maximum Gasteiger partial charge on any atom is 0.0585 e. The average Bonchev–Trinajstić information content (AvgIpc) is 2.46. The van der Waals surface area contributed by atoms with Crippen molar-refractivity contribution in [2.24, 2.45) is 5.92 Å². The lowest BCUT2D eigenvalue weighted by molar-refractivity contribution is 0.549. The Morgan fingerprint density at radius 2 is 1.37 bits per heavy atom. The Morgan fingerprint density at radius 1 is 0.789 bits per heavy atom. The third kappa shape index (κ3) is 4.11. The Balaban J connectivity index is 2.06. The third-order valence-electron chi connectivity index (χ3n) is 3.38. The molecule has 0 saturated heterocycles. The van der Waals surface area contributed by atoms with Crippen molar-refractivity contribution in [3.63, 3.8) is 0 Å². The van der Waals surface area contributed by atoms with Crippen LogP contribution in [0.15, 0.2) is 54.6 Å². The Labute approximate surface area is 121 Å². The van der Waals surface area contributed by atoms with E-state index >= 15 is 0 Å². The predicted molar refractivity (Wildman–Crippen MR) is 84.5 cm³/mol. The second-order valence-corrected chi connectivity index (χ2v) is 5.95. The highest BCUT2D eigenvalue weighted by Gasteiger charge is 2.09. The van der Waals surface area contributed by atoms with Crippen molar-refractivity contribution in [3.8, 4) is 11.1 Å². The van der Waals surface area contributed by atoms with Crippen LogP contribution in [0, 0.1) is 5.92 Å². The van der Waals surface area contributed by atoms with E-state index < -0.39 is 0 Å². The summed E-state index contributed by atoms with van der Waals surface area (Å²) in [5.74, 6) is 0.713. The Kier molecular flexibility index (Phi) is 5.04. The summed E-state index contributed by atoms with van der Waals surface area (Å²) >= 11 is 6.45. The van der Waals surface area contributed by atoms with Crippen LogP contribution in [0.5, 0.6) is 0 Å². The van der Waals surface area contributed by atoms with Gasteiger partial charge in [0.05, 0.1) is 5.38 Å². The second kappa shape index (κ2) is 6.77. The van der Waals surface area contributed by atoms with Crippen LogP contribution in [-0.4, -0.2) is 0 Å². The Hall–Kier alpha value is -1.27. The zero-order valence-corrected chi connectivity index (χ0v) is 12.4. The van der Waals surface area contributed by atoms with E-state index in [1.165, 1.54) is 23.1 Å². The van der Waals surface area contributed by atoms with E-state index in [1.807, 2.05) is 6.07 Å². The van der Waals surface area contributed by atoms with Crippen LogP contribution in [0.25, 0.3) is 11.1 Å². The summed E-state index contributed by atoms with van der Waals surface area (Å²) < 4.78 is 0. The molecule has 0 aliphatic rings. The van der Waals surface area contributed by atoms with E-state index in [0.717, 1.165) is 6.42 Å². The van der Waals surface area contributed by atoms with Gasteiger partial charge < -0.3 is 0 Å². The minimum Gasteiger partial charge on any atom is -0.118 e. The number of rotatable bonds is 5. The van der Waals surface area contributed by atoms with Crippen molar-refractivity contribution in [2.45, 2.75) is 32.1 Å². The van der Waals surface area contributed by atoms with E-state index in [0.29, 0.717) is 5.92 Å². The molecule has 0 amide bonds. The first-order chi connectivity index (χ1) is 9.16. The second-order valence-electron chi connectivity index (χ2n) is 5.43. The zero-order valence-electron chi connectivity index (χ0n) is 11.6. The topological polar surface area (TPSA) is 0 Å². The molecule has 100 valence electrons. The number of hydrogen-bond donors (Lipinski definition) is 0. The maximum absolute atomic E-state index is 6.45. The fourth-order valence-electron chi connectivity index (χ4n) is 2.16. The van der Waals surface area contributed by atoms with E-state index in [1.54, 1.807) is 0 Å². The number of hydrogen-bond acceptors (Lipinski definition) is 0. The summed E-state index contributed by atoms with van der Waals surface area (Å²) in [6.07, 6.45) is 2.22. The van der Waals surface area contributed by atoms with Gasteiger partial charge in [0.2, 0.25) is 0 Å². The smallest absolute Gasteiger partial charge is 0.0585 e. The minimum absolute atomic E-state index is 0.132. The van der Waals surface area contributed by atoms with Gasteiger partial charge in [-0.2, -0.15) is 0 Å². The molecule has 0 radical (unpaired) electrons. The van der Waals surface area contributed by atoms with E-state index in [2.05, 4.69) is 62.4 Å². The lowest BCUT2D eigenvalue weighted by Gasteiger charge is -2.12. The molecule has 0 nitrogen and oxygen atoms in total. The fraction of sp³-hybridized carbons (Fsp3) is 0.333. The minimum atomic E-state index is 0.132. The van der Waals surface area contributed by atoms with Crippen molar-refractivity contribution in [1.82, 2.24) is 0 Å². The summed E-state index contributed by atoms with van der Waals surface area (Å²) in [5.41, 5.74) is 3.72. The monoisotopic (exact) mass is 272 g/mol. The van der Waals surface area contributed by atoms with Gasteiger partial charge in [0, 0.05) is 0 Å². The van der Waals surface area contributed by atoms with Gasteiger partial charge in [-0.1, -0.05) is 68.4 Å². The van der Waals surface area contributed by atoms with Crippen LogP contribution in [0.2, 0.25) is 0 Å². The van der Waals surface area contributed by atoms with Gasteiger partial charge in [0.1, 0.15) is 0 Å². The lowest BCUT2D eigenvalue weighted by atomic mass is 9.99. The quantitative estimate of drug-likeness (QED) is 0.580. The zero-order chi connectivity index (χ0) is 13.7. The molecule has 0 bridgehead atoms. The largest absolute Gasteiger partial charge is 0.118 e. The molecule has 2 aromatic carbocycles. The highest BCUT2D eigenvalue weighted by molar-refractivity contribution is 6.20. The first kappa shape index (κ1) is 14.1. The summed E-state index contributed by atoms with van der Waals surface area (Å²) in [6, 6.07) is 19.1. The van der Waals surface area contributed by atoms with Gasteiger partial charge in [-0.25, -0.2) is 0 Å². The Bertz CT molecular complexity index is 485. The van der Waals surface area contributed by atoms with Gasteiger partial charge in [-0.3, -0.25) is 0 Å². The third-order valence-corrected chi connectivity index (χ3v) is 3.85. The molecule has 0 aromatic heterocycles. The number of benzene rings is 2. The molecular weight excluding hydrogens is 252 g/mol. The normalized spacial score (nSPS) is 12.6. The van der Waals surface area contributed by atoms with Crippen molar-refractivity contribution >= 4 is 11.6 Å². The summed E-state index contributed by atoms with van der Waals surface area (Å²) in [5, 5.41) is 0.132. The molecule has 0 heterocycles. The van der Waals surface area contributed by atoms with Crippen LogP contribution in [0.4, 0.5) is 0 Å². The van der Waals surface area contributed by atoms with E-state index in [9.17, 15) is 0 Å². The van der Waals surface area contributed by atoms with Crippen molar-refractivity contribution in [2.75, 3.05) is 0 Å². The summed E-state index contributed by atoms with van der Waals surface area (Å²) in [4.78, 5) is 0. The van der Waals surface area contributed by atoms with Crippen LogP contribution in [-0.2, 0) is 0 Å². The van der Waals surface area contributed by atoms with E-state index in [-0.39, 0.29) is 5.38 Å². The molecule has 2 aromatic rings. The van der Waals surface area contributed by atoms with Crippen LogP contribution in [0.3, 0.4) is 0 Å². The Morgan fingerprint density at radius 3 is 1.95 bits per heavy atom. The molecule has 1 heteroatoms. The molecule has 0 N–H and O–H groups in total. The average molecular weight is 273 g/mol. The molecule has 1 atom stereocenters. The highest BCUT2D eigenvalue weighted by atomic mass is 35.5. The maximum atomic E-state index is 6.45. The first-order valence-electron chi connectivity index (χ1n) is 6.96. The van der Waals surface area contributed by atoms with Gasteiger partial charge >= 0.3 is 0 Å². The number of halogens is 1. The van der Waals surface area contributed by atoms with E-state index in [4.69, 9.17) is 11.6 Å². The number of alkyl halides is 1. The molecule has 1 unspecified atom stereocenters. The van der Waals surface area contributed by atoms with Crippen molar-refractivity contribution in [3.05, 3.63) is 60.2 Å². The molecule has 19 heavy (non-hydrogen) atoms. The van der Waals surface area contributed by atoms with Crippen LogP contribution < -0.4 is 0 Å². The van der Waals surface area contributed by atoms with Gasteiger partial charge in [0.15, 0.2) is 0 Å². The van der Waals surface area contributed by atoms with Gasteiger partial charge in [0.25, 0.3) is 0 Å². The van der Waals surface area contributed by atoms with Crippen molar-refractivity contribution in [1.29, 1.82) is 0 Å². The standard InChI is InChI=1S/C18H21Cl/c1-14(2)8-13-18(19)17-11-9-16(10-12-17)15-6-4-3-5-7-15/h3-7,9-12,14,18H,8,13H2,1-2H3. The lowest BCUT2D eigenvalue weighted by Crippen LogP contribution is -1.94. The highest BCUT2D eigenvalue weighted by Crippen LogP contribution is 2.29. The first-order valence-corrected chi connectivity index (χ1v) is 7.40. The van der Waals surface area contributed by atoms with Gasteiger partial charge in [-0.05, 0) is 35.4 Å². The molecule has 0 saturated carbocycles. The summed E-state index contributed by atoms with van der Waals surface area (Å²) in [7, 11) is 0. The molecule has 0 spiro atoms. The predicted octanol–water partition coefficient (Wildman–Crippen LogP) is 6.07. The van der Waals surface area contributed by atoms with Gasteiger partial charge in [-0.15, -0.1) is 11.6 Å². The fourth-order valence-corrected chi connectivity index (χ4v) is 2.43.